The Kier molecular flexibility index (Phi) is 7.61. The first-order valence-electron chi connectivity index (χ1n) is 9.62. The van der Waals surface area contributed by atoms with E-state index in [1.165, 1.54) is 25.5 Å². The molecule has 1 fully saturated rings. The van der Waals surface area contributed by atoms with Crippen LogP contribution in [-0.2, 0) is 16.2 Å². The summed E-state index contributed by atoms with van der Waals surface area (Å²) in [5.74, 6) is -0.409. The number of carboxylic acids is 1. The van der Waals surface area contributed by atoms with E-state index in [1.807, 2.05) is 0 Å². The first kappa shape index (κ1) is 23.7. The lowest BCUT2D eigenvalue weighted by molar-refractivity contribution is -0.385. The molecule has 1 aliphatic rings. The maximum atomic E-state index is 11.7. The van der Waals surface area contributed by atoms with E-state index in [9.17, 15) is 19.7 Å². The van der Waals surface area contributed by atoms with Gasteiger partial charge in [0.25, 0.3) is 5.69 Å². The molecule has 1 aliphatic heterocycles. The zero-order valence-corrected chi connectivity index (χ0v) is 18.5. The Bertz CT molecular complexity index is 1150. The fourth-order valence-corrected chi connectivity index (χ4v) is 3.88. The molecule has 0 aliphatic carbocycles. The molecule has 1 amide bonds. The highest BCUT2D eigenvalue weighted by Crippen LogP contribution is 2.26. The number of benzene rings is 2. The van der Waals surface area contributed by atoms with Crippen LogP contribution >= 0.6 is 11.8 Å². The number of thioether (sulfide) groups is 1. The van der Waals surface area contributed by atoms with E-state index < -0.39 is 22.0 Å². The molecule has 1 unspecified atom stereocenters. The molecule has 1 saturated heterocycles. The van der Waals surface area contributed by atoms with Gasteiger partial charge in [-0.05, 0) is 42.8 Å². The second kappa shape index (κ2) is 10.6. The first-order chi connectivity index (χ1) is 15.8. The topological polar surface area (TPSA) is 153 Å². The SMILES string of the molecule is COc1ccc(C=NN=C2NC(=O)C(CC(=O)O)S2)cc1COc1ccc([N+](=O)[O-])c(C)c1. The van der Waals surface area contributed by atoms with Crippen molar-refractivity contribution < 1.29 is 29.1 Å². The number of amidine groups is 1. The maximum absolute atomic E-state index is 11.7. The van der Waals surface area contributed by atoms with Crippen LogP contribution in [0.5, 0.6) is 11.5 Å². The van der Waals surface area contributed by atoms with Gasteiger partial charge in [0.1, 0.15) is 23.4 Å². The number of carbonyl (C=O) groups is 2. The summed E-state index contributed by atoms with van der Waals surface area (Å²) in [6.45, 7) is 1.79. The van der Waals surface area contributed by atoms with Crippen LogP contribution < -0.4 is 14.8 Å². The molecular formula is C21H20N4O7S. The smallest absolute Gasteiger partial charge is 0.305 e. The molecule has 0 radical (unpaired) electrons. The molecule has 0 saturated carbocycles. The third kappa shape index (κ3) is 6.29. The Morgan fingerprint density at radius 2 is 2.12 bits per heavy atom. The van der Waals surface area contributed by atoms with E-state index in [0.717, 1.165) is 17.3 Å². The van der Waals surface area contributed by atoms with Crippen molar-refractivity contribution in [1.82, 2.24) is 5.32 Å². The number of aliphatic carboxylic acids is 1. The zero-order chi connectivity index (χ0) is 24.0. The molecule has 2 N–H and O–H groups in total. The van der Waals surface area contributed by atoms with Crippen LogP contribution in [0.1, 0.15) is 23.1 Å². The summed E-state index contributed by atoms with van der Waals surface area (Å²) in [4.78, 5) is 33.0. The minimum Gasteiger partial charge on any atom is -0.496 e. The summed E-state index contributed by atoms with van der Waals surface area (Å²) in [5.41, 5.74) is 1.92. The predicted octanol–water partition coefficient (Wildman–Crippen LogP) is 2.89. The van der Waals surface area contributed by atoms with Gasteiger partial charge in [-0.15, -0.1) is 5.10 Å². The number of ether oxygens (including phenoxy) is 2. The van der Waals surface area contributed by atoms with Crippen molar-refractivity contribution in [2.75, 3.05) is 7.11 Å². The molecule has 1 heterocycles. The molecule has 0 bridgehead atoms. The van der Waals surface area contributed by atoms with E-state index in [-0.39, 0.29) is 23.9 Å². The van der Waals surface area contributed by atoms with Crippen LogP contribution in [0.3, 0.4) is 0 Å². The lowest BCUT2D eigenvalue weighted by atomic mass is 10.1. The van der Waals surface area contributed by atoms with Gasteiger partial charge in [0.05, 0.1) is 24.7 Å². The third-order valence-electron chi connectivity index (χ3n) is 4.56. The molecule has 172 valence electrons. The van der Waals surface area contributed by atoms with E-state index >= 15 is 0 Å². The number of amides is 1. The van der Waals surface area contributed by atoms with E-state index in [0.29, 0.717) is 22.6 Å². The summed E-state index contributed by atoms with van der Waals surface area (Å²) in [7, 11) is 1.53. The Hall–Kier alpha value is -3.93. The van der Waals surface area contributed by atoms with Crippen molar-refractivity contribution in [3.8, 4) is 11.5 Å². The number of aryl methyl sites for hydroxylation is 1. The van der Waals surface area contributed by atoms with Gasteiger partial charge < -0.3 is 19.9 Å². The number of nitrogens with zero attached hydrogens (tertiary/aromatic N) is 3. The molecule has 33 heavy (non-hydrogen) atoms. The number of nitro benzene ring substituents is 1. The van der Waals surface area contributed by atoms with Crippen LogP contribution in [0.15, 0.2) is 46.6 Å². The molecule has 2 aromatic carbocycles. The summed E-state index contributed by atoms with van der Waals surface area (Å²) < 4.78 is 11.1. The highest BCUT2D eigenvalue weighted by atomic mass is 32.2. The number of hydrogen-bond donors (Lipinski definition) is 2. The monoisotopic (exact) mass is 472 g/mol. The number of rotatable bonds is 9. The van der Waals surface area contributed by atoms with Crippen molar-refractivity contribution in [1.29, 1.82) is 0 Å². The Morgan fingerprint density at radius 1 is 1.33 bits per heavy atom. The van der Waals surface area contributed by atoms with Crippen LogP contribution in [-0.4, -0.2) is 45.6 Å². The number of carboxylic acid groups (broad SMARTS) is 1. The quantitative estimate of drug-likeness (QED) is 0.321. The Labute approximate surface area is 192 Å². The lowest BCUT2D eigenvalue weighted by Gasteiger charge is -2.11. The molecule has 2 aromatic rings. The van der Waals surface area contributed by atoms with Gasteiger partial charge in [-0.3, -0.25) is 19.7 Å². The number of hydrogen-bond acceptors (Lipinski definition) is 9. The number of nitro groups is 1. The fourth-order valence-electron chi connectivity index (χ4n) is 2.97. The van der Waals surface area contributed by atoms with Gasteiger partial charge in [-0.25, -0.2) is 0 Å². The van der Waals surface area contributed by atoms with Crippen molar-refractivity contribution in [3.05, 3.63) is 63.2 Å². The molecular weight excluding hydrogens is 452 g/mol. The van der Waals surface area contributed by atoms with E-state index in [1.54, 1.807) is 31.2 Å². The van der Waals surface area contributed by atoms with Gasteiger partial charge in [0.2, 0.25) is 5.91 Å². The van der Waals surface area contributed by atoms with Gasteiger partial charge in [-0.2, -0.15) is 5.10 Å². The molecule has 3 rings (SSSR count). The van der Waals surface area contributed by atoms with Gasteiger partial charge in [-0.1, -0.05) is 11.8 Å². The summed E-state index contributed by atoms with van der Waals surface area (Å²) in [6, 6.07) is 9.81. The van der Waals surface area contributed by atoms with Crippen LogP contribution in [0.2, 0.25) is 0 Å². The normalized spacial score (nSPS) is 16.7. The highest BCUT2D eigenvalue weighted by Gasteiger charge is 2.32. The molecule has 11 nitrogen and oxygen atoms in total. The summed E-state index contributed by atoms with van der Waals surface area (Å²) in [6.07, 6.45) is 1.18. The third-order valence-corrected chi connectivity index (χ3v) is 5.63. The van der Waals surface area contributed by atoms with Gasteiger partial charge >= 0.3 is 5.97 Å². The Balaban J connectivity index is 1.68. The van der Waals surface area contributed by atoms with Crippen LogP contribution in [0, 0.1) is 17.0 Å². The second-order valence-electron chi connectivity index (χ2n) is 6.91. The lowest BCUT2D eigenvalue weighted by Crippen LogP contribution is -2.26. The molecule has 12 heteroatoms. The van der Waals surface area contributed by atoms with Crippen molar-refractivity contribution in [3.63, 3.8) is 0 Å². The van der Waals surface area contributed by atoms with Crippen molar-refractivity contribution in [2.24, 2.45) is 10.2 Å². The van der Waals surface area contributed by atoms with Gasteiger partial charge in [0.15, 0.2) is 5.17 Å². The molecule has 1 atom stereocenters. The van der Waals surface area contributed by atoms with E-state index in [2.05, 4.69) is 15.5 Å². The molecule has 0 spiro atoms. The zero-order valence-electron chi connectivity index (χ0n) is 17.7. The predicted molar refractivity (Wildman–Crippen MR) is 122 cm³/mol. The van der Waals surface area contributed by atoms with E-state index in [4.69, 9.17) is 14.6 Å². The molecule has 0 aromatic heterocycles. The number of methoxy groups -OCH3 is 1. The minimum atomic E-state index is -1.07. The largest absolute Gasteiger partial charge is 0.496 e. The summed E-state index contributed by atoms with van der Waals surface area (Å²) in [5, 5.41) is 29.7. The van der Waals surface area contributed by atoms with Gasteiger partial charge in [0, 0.05) is 17.2 Å². The first-order valence-corrected chi connectivity index (χ1v) is 10.5. The number of nitrogens with one attached hydrogen (secondary N) is 1. The Morgan fingerprint density at radius 3 is 2.79 bits per heavy atom. The second-order valence-corrected chi connectivity index (χ2v) is 8.10. The fraction of sp³-hybridized carbons (Fsp3) is 0.238. The summed E-state index contributed by atoms with van der Waals surface area (Å²) >= 11 is 1.01. The van der Waals surface area contributed by atoms with Crippen molar-refractivity contribution >= 4 is 40.7 Å². The van der Waals surface area contributed by atoms with Crippen LogP contribution in [0.4, 0.5) is 5.69 Å². The maximum Gasteiger partial charge on any atom is 0.305 e. The minimum absolute atomic E-state index is 0.0191. The standard InChI is InChI=1S/C21H20N4O7S/c1-12-7-15(4-5-16(12)25(29)30)32-11-14-8-13(3-6-17(14)31-2)10-22-24-21-23-20(28)18(33-21)9-19(26)27/h3-8,10,18H,9,11H2,1-2H3,(H,26,27)(H,23,24,28). The van der Waals surface area contributed by atoms with Crippen LogP contribution in [0.25, 0.3) is 0 Å². The average Bonchev–Trinajstić information content (AvgIpc) is 3.10. The average molecular weight is 472 g/mol. The highest BCUT2D eigenvalue weighted by molar-refractivity contribution is 8.15. The van der Waals surface area contributed by atoms with Crippen molar-refractivity contribution in [2.45, 2.75) is 25.2 Å². The number of carbonyl (C=O) groups excluding carboxylic acids is 1.